The molecule has 3 unspecified atom stereocenters. The van der Waals surface area contributed by atoms with Crippen LogP contribution in [0.4, 0.5) is 8.78 Å². The molecule has 1 aliphatic carbocycles. The molecule has 1 fully saturated rings. The first-order valence-electron chi connectivity index (χ1n) is 6.43. The minimum Gasteiger partial charge on any atom is -0.396 e. The van der Waals surface area contributed by atoms with Crippen LogP contribution in [0, 0.1) is 17.6 Å². The molecular weight excluding hydrogens is 236 g/mol. The monoisotopic (exact) mass is 255 g/mol. The topological polar surface area (TPSA) is 32.3 Å². The fourth-order valence-corrected chi connectivity index (χ4v) is 2.74. The first-order chi connectivity index (χ1) is 8.61. The zero-order chi connectivity index (χ0) is 13.1. The summed E-state index contributed by atoms with van der Waals surface area (Å²) in [6.07, 6.45) is 3.09. The molecule has 1 aliphatic rings. The largest absolute Gasteiger partial charge is 0.396 e. The molecule has 0 radical (unpaired) electrons. The lowest BCUT2D eigenvalue weighted by atomic mass is 10.0. The van der Waals surface area contributed by atoms with Gasteiger partial charge in [0.1, 0.15) is 11.6 Å². The van der Waals surface area contributed by atoms with Crippen molar-refractivity contribution in [1.29, 1.82) is 0 Å². The zero-order valence-corrected chi connectivity index (χ0v) is 10.5. The minimum atomic E-state index is -0.558. The van der Waals surface area contributed by atoms with Gasteiger partial charge in [0.05, 0.1) is 0 Å². The van der Waals surface area contributed by atoms with Gasteiger partial charge in [-0.25, -0.2) is 8.78 Å². The van der Waals surface area contributed by atoms with Crippen molar-refractivity contribution in [2.24, 2.45) is 5.92 Å². The van der Waals surface area contributed by atoms with Crippen molar-refractivity contribution in [1.82, 2.24) is 5.32 Å². The molecule has 2 nitrogen and oxygen atoms in total. The highest BCUT2D eigenvalue weighted by atomic mass is 19.1. The summed E-state index contributed by atoms with van der Waals surface area (Å²) < 4.78 is 26.5. The molecular formula is C14H19F2NO. The van der Waals surface area contributed by atoms with E-state index >= 15 is 0 Å². The third kappa shape index (κ3) is 2.87. The fraction of sp³-hybridized carbons (Fsp3) is 0.571. The van der Waals surface area contributed by atoms with E-state index in [2.05, 4.69) is 5.32 Å². The maximum atomic E-state index is 13.6. The van der Waals surface area contributed by atoms with E-state index in [1.165, 1.54) is 12.1 Å². The number of aliphatic hydroxyl groups excluding tert-OH is 1. The van der Waals surface area contributed by atoms with Crippen molar-refractivity contribution in [3.8, 4) is 0 Å². The smallest absolute Gasteiger partial charge is 0.130 e. The Labute approximate surface area is 106 Å². The number of aliphatic hydroxyl groups is 1. The Morgan fingerprint density at radius 3 is 2.83 bits per heavy atom. The van der Waals surface area contributed by atoms with Crippen molar-refractivity contribution in [3.63, 3.8) is 0 Å². The lowest BCUT2D eigenvalue weighted by Crippen LogP contribution is -2.36. The molecule has 0 bridgehead atoms. The summed E-state index contributed by atoms with van der Waals surface area (Å²) in [6.45, 7) is 2.03. The van der Waals surface area contributed by atoms with Crippen molar-refractivity contribution in [2.45, 2.75) is 38.3 Å². The molecule has 0 aliphatic heterocycles. The first kappa shape index (κ1) is 13.4. The average molecular weight is 255 g/mol. The van der Waals surface area contributed by atoms with E-state index in [9.17, 15) is 13.9 Å². The van der Waals surface area contributed by atoms with Crippen LogP contribution in [0.25, 0.3) is 0 Å². The third-order valence-electron chi connectivity index (χ3n) is 3.79. The first-order valence-corrected chi connectivity index (χ1v) is 6.43. The number of halogens is 2. The van der Waals surface area contributed by atoms with Crippen LogP contribution in [-0.4, -0.2) is 17.8 Å². The second-order valence-corrected chi connectivity index (χ2v) is 5.03. The fourth-order valence-electron chi connectivity index (χ4n) is 2.74. The molecule has 1 saturated carbocycles. The second kappa shape index (κ2) is 5.76. The van der Waals surface area contributed by atoms with Crippen LogP contribution >= 0.6 is 0 Å². The van der Waals surface area contributed by atoms with E-state index in [4.69, 9.17) is 0 Å². The van der Waals surface area contributed by atoms with E-state index in [1.807, 2.05) is 6.92 Å². The van der Waals surface area contributed by atoms with Gasteiger partial charge in [0.15, 0.2) is 0 Å². The number of hydrogen-bond acceptors (Lipinski definition) is 2. The molecule has 1 aromatic carbocycles. The summed E-state index contributed by atoms with van der Waals surface area (Å²) >= 11 is 0. The van der Waals surface area contributed by atoms with Gasteiger partial charge in [-0.05, 0) is 31.7 Å². The van der Waals surface area contributed by atoms with Gasteiger partial charge in [-0.15, -0.1) is 0 Å². The lowest BCUT2D eigenvalue weighted by molar-refractivity contribution is 0.200. The van der Waals surface area contributed by atoms with E-state index in [1.54, 1.807) is 0 Å². The predicted octanol–water partition coefficient (Wildman–Crippen LogP) is 2.78. The average Bonchev–Trinajstić information content (AvgIpc) is 2.76. The van der Waals surface area contributed by atoms with E-state index in [-0.39, 0.29) is 24.6 Å². The van der Waals surface area contributed by atoms with Gasteiger partial charge in [-0.3, -0.25) is 0 Å². The number of nitrogens with one attached hydrogen (secondary N) is 1. The summed E-state index contributed by atoms with van der Waals surface area (Å²) in [5.41, 5.74) is 0.472. The van der Waals surface area contributed by atoms with Gasteiger partial charge in [-0.2, -0.15) is 0 Å². The second-order valence-electron chi connectivity index (χ2n) is 5.03. The SMILES string of the molecule is CC(NC1CCCC1CO)c1ccc(F)cc1F. The van der Waals surface area contributed by atoms with Crippen molar-refractivity contribution < 1.29 is 13.9 Å². The Morgan fingerprint density at radius 2 is 2.17 bits per heavy atom. The normalized spacial score (nSPS) is 25.3. The molecule has 2 rings (SSSR count). The highest BCUT2D eigenvalue weighted by Gasteiger charge is 2.28. The Balaban J connectivity index is 2.05. The van der Waals surface area contributed by atoms with Crippen LogP contribution in [0.3, 0.4) is 0 Å². The van der Waals surface area contributed by atoms with Crippen LogP contribution in [-0.2, 0) is 0 Å². The van der Waals surface area contributed by atoms with Crippen LogP contribution in [0.2, 0.25) is 0 Å². The Kier molecular flexibility index (Phi) is 4.30. The molecule has 3 atom stereocenters. The lowest BCUT2D eigenvalue weighted by Gasteiger charge is -2.24. The van der Waals surface area contributed by atoms with Crippen LogP contribution < -0.4 is 5.32 Å². The summed E-state index contributed by atoms with van der Waals surface area (Å²) in [7, 11) is 0. The standard InChI is InChI=1S/C14H19F2NO/c1-9(12-6-5-11(15)7-13(12)16)17-14-4-2-3-10(14)8-18/h5-7,9-10,14,17-18H,2-4,8H2,1H3. The minimum absolute atomic E-state index is 0.163. The highest BCUT2D eigenvalue weighted by molar-refractivity contribution is 5.21. The molecule has 4 heteroatoms. The van der Waals surface area contributed by atoms with Gasteiger partial charge in [-0.1, -0.05) is 12.5 Å². The summed E-state index contributed by atoms with van der Waals surface area (Å²) in [4.78, 5) is 0. The summed E-state index contributed by atoms with van der Waals surface area (Å²) in [5, 5.41) is 12.6. The third-order valence-corrected chi connectivity index (χ3v) is 3.79. The molecule has 18 heavy (non-hydrogen) atoms. The predicted molar refractivity (Wildman–Crippen MR) is 66.1 cm³/mol. The number of rotatable bonds is 4. The molecule has 2 N–H and O–H groups in total. The van der Waals surface area contributed by atoms with Gasteiger partial charge in [0.25, 0.3) is 0 Å². The summed E-state index contributed by atoms with van der Waals surface area (Å²) in [6, 6.07) is 3.70. The Hall–Kier alpha value is -1.00. The van der Waals surface area contributed by atoms with Gasteiger partial charge in [0.2, 0.25) is 0 Å². The van der Waals surface area contributed by atoms with Crippen molar-refractivity contribution in [2.75, 3.05) is 6.61 Å². The van der Waals surface area contributed by atoms with E-state index in [0.29, 0.717) is 5.56 Å². The van der Waals surface area contributed by atoms with Crippen LogP contribution in [0.15, 0.2) is 18.2 Å². The Bertz CT molecular complexity index is 411. The van der Waals surface area contributed by atoms with Crippen LogP contribution in [0.5, 0.6) is 0 Å². The zero-order valence-electron chi connectivity index (χ0n) is 10.5. The van der Waals surface area contributed by atoms with Crippen LogP contribution in [0.1, 0.15) is 37.8 Å². The van der Waals surface area contributed by atoms with Gasteiger partial charge in [0, 0.05) is 30.3 Å². The molecule has 100 valence electrons. The molecule has 0 aromatic heterocycles. The summed E-state index contributed by atoms with van der Waals surface area (Å²) in [5.74, 6) is -0.831. The number of hydrogen-bond donors (Lipinski definition) is 2. The van der Waals surface area contributed by atoms with Crippen molar-refractivity contribution in [3.05, 3.63) is 35.4 Å². The number of benzene rings is 1. The molecule has 0 amide bonds. The molecule has 0 saturated heterocycles. The molecule has 0 spiro atoms. The van der Waals surface area contributed by atoms with Gasteiger partial charge >= 0.3 is 0 Å². The quantitative estimate of drug-likeness (QED) is 0.867. The molecule has 0 heterocycles. The van der Waals surface area contributed by atoms with Crippen molar-refractivity contribution >= 4 is 0 Å². The van der Waals surface area contributed by atoms with E-state index in [0.717, 1.165) is 25.3 Å². The maximum absolute atomic E-state index is 13.6. The highest BCUT2D eigenvalue weighted by Crippen LogP contribution is 2.28. The van der Waals surface area contributed by atoms with E-state index < -0.39 is 11.6 Å². The van der Waals surface area contributed by atoms with Gasteiger partial charge < -0.3 is 10.4 Å². The molecule has 1 aromatic rings. The Morgan fingerprint density at radius 1 is 1.39 bits per heavy atom. The maximum Gasteiger partial charge on any atom is 0.130 e.